The average Bonchev–Trinajstić information content (AvgIpc) is 3.19. The van der Waals surface area contributed by atoms with Gasteiger partial charge < -0.3 is 14.2 Å². The first-order valence-electron chi connectivity index (χ1n) is 9.97. The molecule has 0 atom stereocenters. The first-order valence-corrected chi connectivity index (χ1v) is 9.97. The predicted molar refractivity (Wildman–Crippen MR) is 109 cm³/mol. The van der Waals surface area contributed by atoms with Crippen molar-refractivity contribution < 1.29 is 14.1 Å². The summed E-state index contributed by atoms with van der Waals surface area (Å²) in [5.74, 6) is 1.35. The zero-order valence-electron chi connectivity index (χ0n) is 16.4. The van der Waals surface area contributed by atoms with Gasteiger partial charge in [0.25, 0.3) is 5.91 Å². The molecule has 3 heterocycles. The average molecular weight is 389 g/mol. The minimum Gasteiger partial charge on any atom is -0.488 e. The van der Waals surface area contributed by atoms with E-state index in [1.165, 1.54) is 5.56 Å². The number of amides is 1. The second-order valence-electron chi connectivity index (χ2n) is 7.68. The number of fused-ring (bicyclic) bond motifs is 3. The molecule has 6 heteroatoms. The van der Waals surface area contributed by atoms with Crippen LogP contribution < -0.4 is 4.74 Å². The number of ether oxygens (including phenoxy) is 1. The van der Waals surface area contributed by atoms with Gasteiger partial charge in [-0.1, -0.05) is 47.1 Å². The smallest absolute Gasteiger partial charge is 0.276 e. The molecule has 0 aliphatic carbocycles. The van der Waals surface area contributed by atoms with E-state index in [0.717, 1.165) is 42.1 Å². The van der Waals surface area contributed by atoms with Crippen molar-refractivity contribution in [3.8, 4) is 17.1 Å². The Balaban J connectivity index is 1.29. The predicted octanol–water partition coefficient (Wildman–Crippen LogP) is 3.50. The number of hydrogen-bond donors (Lipinski definition) is 0. The fourth-order valence-corrected chi connectivity index (χ4v) is 4.02. The van der Waals surface area contributed by atoms with Crippen LogP contribution in [0.5, 0.6) is 5.75 Å². The lowest BCUT2D eigenvalue weighted by Crippen LogP contribution is -2.48. The zero-order chi connectivity index (χ0) is 19.8. The van der Waals surface area contributed by atoms with Gasteiger partial charge in [-0.3, -0.25) is 9.69 Å². The van der Waals surface area contributed by atoms with Gasteiger partial charge in [-0.2, -0.15) is 0 Å². The van der Waals surface area contributed by atoms with Crippen molar-refractivity contribution in [1.82, 2.24) is 15.0 Å². The molecule has 0 unspecified atom stereocenters. The van der Waals surface area contributed by atoms with Gasteiger partial charge in [-0.15, -0.1) is 0 Å². The van der Waals surface area contributed by atoms with E-state index >= 15 is 0 Å². The lowest BCUT2D eigenvalue weighted by molar-refractivity contribution is 0.0616. The van der Waals surface area contributed by atoms with Crippen LogP contribution in [0.1, 0.15) is 27.2 Å². The monoisotopic (exact) mass is 389 g/mol. The quantitative estimate of drug-likeness (QED) is 0.686. The molecule has 1 saturated heterocycles. The van der Waals surface area contributed by atoms with Gasteiger partial charge in [-0.05, 0) is 24.6 Å². The van der Waals surface area contributed by atoms with E-state index in [0.29, 0.717) is 31.2 Å². The maximum Gasteiger partial charge on any atom is 0.276 e. The lowest BCUT2D eigenvalue weighted by atomic mass is 10.0. The third-order valence-corrected chi connectivity index (χ3v) is 5.65. The number of aromatic nitrogens is 1. The number of piperazine rings is 1. The van der Waals surface area contributed by atoms with Crippen molar-refractivity contribution >= 4 is 5.91 Å². The lowest BCUT2D eigenvalue weighted by Gasteiger charge is -2.34. The van der Waals surface area contributed by atoms with Crippen molar-refractivity contribution in [3.05, 3.63) is 70.9 Å². The Bertz CT molecular complexity index is 1040. The summed E-state index contributed by atoms with van der Waals surface area (Å²) in [6.45, 7) is 6.30. The van der Waals surface area contributed by atoms with Crippen LogP contribution in [0.15, 0.2) is 53.1 Å². The van der Waals surface area contributed by atoms with E-state index in [1.807, 2.05) is 36.1 Å². The molecule has 1 amide bonds. The SMILES string of the molecule is Cc1ccc2c(c1)-c1onc(C(=O)N3CCN(Cc4ccccc4)CC3)c1CO2. The Labute approximate surface area is 169 Å². The highest BCUT2D eigenvalue weighted by Crippen LogP contribution is 2.39. The molecule has 148 valence electrons. The molecule has 0 saturated carbocycles. The molecule has 0 spiro atoms. The van der Waals surface area contributed by atoms with Crippen LogP contribution in [-0.4, -0.2) is 47.0 Å². The summed E-state index contributed by atoms with van der Waals surface area (Å²) < 4.78 is 11.4. The van der Waals surface area contributed by atoms with Crippen LogP contribution in [0, 0.1) is 6.92 Å². The van der Waals surface area contributed by atoms with Gasteiger partial charge in [0.15, 0.2) is 11.5 Å². The van der Waals surface area contributed by atoms with Crippen LogP contribution >= 0.6 is 0 Å². The highest BCUT2D eigenvalue weighted by molar-refractivity contribution is 5.95. The summed E-state index contributed by atoms with van der Waals surface area (Å²) in [5.41, 5.74) is 4.40. The number of hydrogen-bond acceptors (Lipinski definition) is 5. The third-order valence-electron chi connectivity index (χ3n) is 5.65. The molecule has 5 rings (SSSR count). The Morgan fingerprint density at radius 1 is 1.07 bits per heavy atom. The summed E-state index contributed by atoms with van der Waals surface area (Å²) in [6, 6.07) is 16.4. The molecule has 6 nitrogen and oxygen atoms in total. The highest BCUT2D eigenvalue weighted by atomic mass is 16.5. The molecule has 1 aromatic heterocycles. The van der Waals surface area contributed by atoms with E-state index in [9.17, 15) is 4.79 Å². The van der Waals surface area contributed by atoms with Gasteiger partial charge in [0.1, 0.15) is 12.4 Å². The molecular formula is C23H23N3O3. The van der Waals surface area contributed by atoms with Crippen molar-refractivity contribution in [2.45, 2.75) is 20.1 Å². The second kappa shape index (κ2) is 7.37. The van der Waals surface area contributed by atoms with Gasteiger partial charge in [0.2, 0.25) is 0 Å². The van der Waals surface area contributed by atoms with Crippen LogP contribution in [0.3, 0.4) is 0 Å². The standard InChI is InChI=1S/C23H23N3O3/c1-16-7-8-20-18(13-16)22-19(15-28-20)21(24-29-22)23(27)26-11-9-25(10-12-26)14-17-5-3-2-4-6-17/h2-8,13H,9-12,14-15H2,1H3. The summed E-state index contributed by atoms with van der Waals surface area (Å²) in [5, 5.41) is 4.13. The van der Waals surface area contributed by atoms with Gasteiger partial charge in [0, 0.05) is 32.7 Å². The van der Waals surface area contributed by atoms with E-state index in [1.54, 1.807) is 0 Å². The molecule has 2 aliphatic rings. The second-order valence-corrected chi connectivity index (χ2v) is 7.68. The summed E-state index contributed by atoms with van der Waals surface area (Å²) in [4.78, 5) is 17.3. The number of nitrogens with zero attached hydrogens (tertiary/aromatic N) is 3. The maximum absolute atomic E-state index is 13.1. The molecule has 2 aliphatic heterocycles. The van der Waals surface area contributed by atoms with E-state index < -0.39 is 0 Å². The first-order chi connectivity index (χ1) is 14.2. The van der Waals surface area contributed by atoms with Crippen LogP contribution in [0.4, 0.5) is 0 Å². The van der Waals surface area contributed by atoms with Crippen LogP contribution in [0.25, 0.3) is 11.3 Å². The Hall–Kier alpha value is -3.12. The number of carbonyl (C=O) groups excluding carboxylic acids is 1. The minimum atomic E-state index is -0.0749. The molecule has 0 bridgehead atoms. The summed E-state index contributed by atoms with van der Waals surface area (Å²) >= 11 is 0. The number of aryl methyl sites for hydroxylation is 1. The van der Waals surface area contributed by atoms with Crippen molar-refractivity contribution in [3.63, 3.8) is 0 Å². The number of benzene rings is 2. The third kappa shape index (κ3) is 3.40. The summed E-state index contributed by atoms with van der Waals surface area (Å²) in [7, 11) is 0. The van der Waals surface area contributed by atoms with Crippen LogP contribution in [0.2, 0.25) is 0 Å². The van der Waals surface area contributed by atoms with Crippen molar-refractivity contribution in [2.24, 2.45) is 0 Å². The Morgan fingerprint density at radius 2 is 1.86 bits per heavy atom. The van der Waals surface area contributed by atoms with Gasteiger partial charge in [0.05, 0.1) is 11.1 Å². The topological polar surface area (TPSA) is 58.8 Å². The van der Waals surface area contributed by atoms with E-state index in [4.69, 9.17) is 9.26 Å². The number of rotatable bonds is 3. The molecule has 29 heavy (non-hydrogen) atoms. The molecule has 0 radical (unpaired) electrons. The van der Waals surface area contributed by atoms with E-state index in [2.05, 4.69) is 34.3 Å². The first kappa shape index (κ1) is 17.9. The van der Waals surface area contributed by atoms with Gasteiger partial charge >= 0.3 is 0 Å². The summed E-state index contributed by atoms with van der Waals surface area (Å²) in [6.07, 6.45) is 0. The number of carbonyl (C=O) groups is 1. The van der Waals surface area contributed by atoms with Crippen molar-refractivity contribution in [2.75, 3.05) is 26.2 Å². The van der Waals surface area contributed by atoms with Crippen LogP contribution in [-0.2, 0) is 13.2 Å². The zero-order valence-corrected chi connectivity index (χ0v) is 16.4. The Kier molecular flexibility index (Phi) is 4.56. The molecule has 0 N–H and O–H groups in total. The maximum atomic E-state index is 13.1. The fourth-order valence-electron chi connectivity index (χ4n) is 4.02. The minimum absolute atomic E-state index is 0.0749. The molecule has 1 fully saturated rings. The van der Waals surface area contributed by atoms with E-state index in [-0.39, 0.29) is 5.91 Å². The Morgan fingerprint density at radius 3 is 2.66 bits per heavy atom. The normalized spacial score (nSPS) is 16.1. The molecule has 3 aromatic rings. The largest absolute Gasteiger partial charge is 0.488 e. The molecule has 2 aromatic carbocycles. The fraction of sp³-hybridized carbons (Fsp3) is 0.304. The van der Waals surface area contributed by atoms with Crippen molar-refractivity contribution in [1.29, 1.82) is 0 Å². The van der Waals surface area contributed by atoms with Gasteiger partial charge in [-0.25, -0.2) is 0 Å². The molecular weight excluding hydrogens is 366 g/mol. The highest BCUT2D eigenvalue weighted by Gasteiger charge is 2.32.